The fraction of sp³-hybridized carbons (Fsp3) is 0.462. The van der Waals surface area contributed by atoms with E-state index in [1.54, 1.807) is 0 Å². The number of rotatable bonds is 3. The normalized spacial score (nSPS) is 17.8. The van der Waals surface area contributed by atoms with Crippen molar-refractivity contribution >= 4 is 11.7 Å². The van der Waals surface area contributed by atoms with Crippen LogP contribution in [0.3, 0.4) is 0 Å². The van der Waals surface area contributed by atoms with Crippen molar-refractivity contribution in [1.82, 2.24) is 0 Å². The van der Waals surface area contributed by atoms with Crippen molar-refractivity contribution in [2.45, 2.75) is 26.2 Å². The predicted molar refractivity (Wildman–Crippen MR) is 63.7 cm³/mol. The van der Waals surface area contributed by atoms with E-state index in [9.17, 15) is 4.79 Å². The molecular weight excluding hydrogens is 202 g/mol. The van der Waals surface area contributed by atoms with Crippen molar-refractivity contribution in [1.29, 1.82) is 0 Å². The molecule has 0 radical (unpaired) electrons. The van der Waals surface area contributed by atoms with Gasteiger partial charge in [0.2, 0.25) is 0 Å². The Kier molecular flexibility index (Phi) is 3.13. The van der Waals surface area contributed by atoms with Gasteiger partial charge < -0.3 is 10.1 Å². The number of nitrogens with one attached hydrogen (secondary N) is 1. The molecule has 0 saturated heterocycles. The van der Waals surface area contributed by atoms with Gasteiger partial charge in [0.25, 0.3) is 0 Å². The number of carbonyl (C=O) groups excluding carboxylic acids is 1. The number of benzene rings is 1. The third-order valence-electron chi connectivity index (χ3n) is 2.99. The number of fused-ring (bicyclic) bond motifs is 1. The second kappa shape index (κ2) is 4.56. The number of ether oxygens (including phenoxy) is 1. The lowest BCUT2D eigenvalue weighted by Gasteiger charge is -2.09. The number of carbonyl (C=O) groups is 1. The standard InChI is InChI=1S/C13H17NO2/c1-3-16-12(15)7-10-8-14-13-9(2)5-4-6-11(10)13/h4-6,10,14H,3,7-8H2,1-2H3. The summed E-state index contributed by atoms with van der Waals surface area (Å²) in [6, 6.07) is 6.21. The number of hydrogen-bond donors (Lipinski definition) is 1. The fourth-order valence-electron chi connectivity index (χ4n) is 2.21. The van der Waals surface area contributed by atoms with E-state index in [0.717, 1.165) is 6.54 Å². The summed E-state index contributed by atoms with van der Waals surface area (Å²) in [6.45, 7) is 5.21. The maximum absolute atomic E-state index is 11.4. The molecule has 0 aromatic heterocycles. The van der Waals surface area contributed by atoms with E-state index in [1.807, 2.05) is 13.0 Å². The number of para-hydroxylation sites is 1. The molecule has 0 aliphatic carbocycles. The van der Waals surface area contributed by atoms with Crippen LogP contribution in [-0.2, 0) is 9.53 Å². The van der Waals surface area contributed by atoms with Crippen molar-refractivity contribution in [2.24, 2.45) is 0 Å². The van der Waals surface area contributed by atoms with Crippen LogP contribution in [0.1, 0.15) is 30.4 Å². The lowest BCUT2D eigenvalue weighted by Crippen LogP contribution is -2.11. The third-order valence-corrected chi connectivity index (χ3v) is 2.99. The van der Waals surface area contributed by atoms with Gasteiger partial charge in [-0.15, -0.1) is 0 Å². The molecule has 0 amide bonds. The summed E-state index contributed by atoms with van der Waals surface area (Å²) in [5, 5.41) is 3.36. The highest BCUT2D eigenvalue weighted by atomic mass is 16.5. The van der Waals surface area contributed by atoms with Gasteiger partial charge in [0.05, 0.1) is 13.0 Å². The van der Waals surface area contributed by atoms with Gasteiger partial charge in [0.15, 0.2) is 0 Å². The maximum atomic E-state index is 11.4. The van der Waals surface area contributed by atoms with Gasteiger partial charge in [-0.2, -0.15) is 0 Å². The fourth-order valence-corrected chi connectivity index (χ4v) is 2.21. The first-order chi connectivity index (χ1) is 7.72. The molecular formula is C13H17NO2. The number of anilines is 1. The van der Waals surface area contributed by atoms with Gasteiger partial charge >= 0.3 is 5.97 Å². The molecule has 1 aliphatic rings. The van der Waals surface area contributed by atoms with Gasteiger partial charge in [-0.1, -0.05) is 18.2 Å². The summed E-state index contributed by atoms with van der Waals surface area (Å²) >= 11 is 0. The molecule has 1 heterocycles. The number of hydrogen-bond acceptors (Lipinski definition) is 3. The molecule has 2 rings (SSSR count). The molecule has 16 heavy (non-hydrogen) atoms. The van der Waals surface area contributed by atoms with E-state index >= 15 is 0 Å². The Labute approximate surface area is 95.8 Å². The Hall–Kier alpha value is -1.51. The summed E-state index contributed by atoms with van der Waals surface area (Å²) in [4.78, 5) is 11.4. The molecule has 1 atom stereocenters. The van der Waals surface area contributed by atoms with Gasteiger partial charge in [0, 0.05) is 18.2 Å². The van der Waals surface area contributed by atoms with Crippen LogP contribution in [0.4, 0.5) is 5.69 Å². The minimum Gasteiger partial charge on any atom is -0.466 e. The Balaban J connectivity index is 2.12. The molecule has 0 bridgehead atoms. The predicted octanol–water partition coefficient (Wildman–Crippen LogP) is 2.46. The van der Waals surface area contributed by atoms with Crippen LogP contribution in [0, 0.1) is 6.92 Å². The lowest BCUT2D eigenvalue weighted by atomic mass is 9.96. The molecule has 1 aromatic rings. The first-order valence-corrected chi connectivity index (χ1v) is 5.71. The summed E-state index contributed by atoms with van der Waals surface area (Å²) in [7, 11) is 0. The second-order valence-corrected chi connectivity index (χ2v) is 4.13. The third kappa shape index (κ3) is 2.03. The summed E-state index contributed by atoms with van der Waals surface area (Å²) in [6.07, 6.45) is 0.470. The van der Waals surface area contributed by atoms with Gasteiger partial charge in [-0.25, -0.2) is 0 Å². The number of aryl methyl sites for hydroxylation is 1. The van der Waals surface area contributed by atoms with E-state index in [1.165, 1.54) is 16.8 Å². The van der Waals surface area contributed by atoms with E-state index in [-0.39, 0.29) is 11.9 Å². The van der Waals surface area contributed by atoms with Gasteiger partial charge in [-0.05, 0) is 25.0 Å². The average molecular weight is 219 g/mol. The zero-order chi connectivity index (χ0) is 11.5. The summed E-state index contributed by atoms with van der Waals surface area (Å²) in [5.41, 5.74) is 3.67. The Morgan fingerprint density at radius 3 is 3.12 bits per heavy atom. The Morgan fingerprint density at radius 1 is 1.56 bits per heavy atom. The smallest absolute Gasteiger partial charge is 0.306 e. The minimum atomic E-state index is -0.108. The van der Waals surface area contributed by atoms with E-state index < -0.39 is 0 Å². The maximum Gasteiger partial charge on any atom is 0.306 e. The molecule has 0 spiro atoms. The molecule has 1 aliphatic heterocycles. The van der Waals surface area contributed by atoms with Crippen LogP contribution < -0.4 is 5.32 Å². The Bertz CT molecular complexity index is 401. The molecule has 3 heteroatoms. The second-order valence-electron chi connectivity index (χ2n) is 4.13. The molecule has 1 N–H and O–H groups in total. The van der Waals surface area contributed by atoms with Crippen molar-refractivity contribution in [2.75, 3.05) is 18.5 Å². The molecule has 1 unspecified atom stereocenters. The minimum absolute atomic E-state index is 0.108. The van der Waals surface area contributed by atoms with E-state index in [4.69, 9.17) is 4.74 Å². The van der Waals surface area contributed by atoms with Crippen LogP contribution in [0.5, 0.6) is 0 Å². The zero-order valence-electron chi connectivity index (χ0n) is 9.75. The number of esters is 1. The molecule has 1 aromatic carbocycles. The molecule has 0 saturated carbocycles. The highest BCUT2D eigenvalue weighted by Crippen LogP contribution is 2.35. The quantitative estimate of drug-likeness (QED) is 0.794. The highest BCUT2D eigenvalue weighted by molar-refractivity contribution is 5.73. The summed E-state index contributed by atoms with van der Waals surface area (Å²) in [5.74, 6) is 0.151. The Morgan fingerprint density at radius 2 is 2.38 bits per heavy atom. The summed E-state index contributed by atoms with van der Waals surface area (Å²) < 4.78 is 4.98. The topological polar surface area (TPSA) is 38.3 Å². The monoisotopic (exact) mass is 219 g/mol. The van der Waals surface area contributed by atoms with Crippen molar-refractivity contribution in [3.63, 3.8) is 0 Å². The van der Waals surface area contributed by atoms with Crippen LogP contribution in [-0.4, -0.2) is 19.1 Å². The van der Waals surface area contributed by atoms with Crippen LogP contribution in [0.2, 0.25) is 0 Å². The van der Waals surface area contributed by atoms with Gasteiger partial charge in [0.1, 0.15) is 0 Å². The highest BCUT2D eigenvalue weighted by Gasteiger charge is 2.25. The average Bonchev–Trinajstić information content (AvgIpc) is 2.64. The van der Waals surface area contributed by atoms with Gasteiger partial charge in [-0.3, -0.25) is 4.79 Å². The van der Waals surface area contributed by atoms with Crippen LogP contribution in [0.25, 0.3) is 0 Å². The largest absolute Gasteiger partial charge is 0.466 e. The van der Waals surface area contributed by atoms with Crippen molar-refractivity contribution in [3.05, 3.63) is 29.3 Å². The van der Waals surface area contributed by atoms with Crippen LogP contribution in [0.15, 0.2) is 18.2 Å². The SMILES string of the molecule is CCOC(=O)CC1CNc2c(C)cccc21. The zero-order valence-corrected chi connectivity index (χ0v) is 9.75. The van der Waals surface area contributed by atoms with Crippen molar-refractivity contribution in [3.8, 4) is 0 Å². The van der Waals surface area contributed by atoms with E-state index in [2.05, 4.69) is 24.4 Å². The molecule has 3 nitrogen and oxygen atoms in total. The first-order valence-electron chi connectivity index (χ1n) is 5.71. The molecule has 86 valence electrons. The lowest BCUT2D eigenvalue weighted by molar-refractivity contribution is -0.143. The van der Waals surface area contributed by atoms with Crippen LogP contribution >= 0.6 is 0 Å². The van der Waals surface area contributed by atoms with E-state index in [0.29, 0.717) is 13.0 Å². The van der Waals surface area contributed by atoms with Crippen molar-refractivity contribution < 1.29 is 9.53 Å². The first kappa shape index (κ1) is 11.0. The molecule has 0 fully saturated rings.